The summed E-state index contributed by atoms with van der Waals surface area (Å²) in [7, 11) is 0. The van der Waals surface area contributed by atoms with E-state index < -0.39 is 23.8 Å². The Balaban J connectivity index is 1.89. The third-order valence-electron chi connectivity index (χ3n) is 3.69. The highest BCUT2D eigenvalue weighted by Crippen LogP contribution is 2.21. The molecule has 26 heavy (non-hydrogen) atoms. The second-order valence-corrected chi connectivity index (χ2v) is 7.22. The number of aliphatic hydroxyl groups excluding tert-OH is 1. The number of benzene rings is 2. The topological polar surface area (TPSA) is 67.8 Å². The van der Waals surface area contributed by atoms with Gasteiger partial charge in [0.2, 0.25) is 0 Å². The highest BCUT2D eigenvalue weighted by molar-refractivity contribution is 5.68. The molecule has 5 heteroatoms. The molecule has 2 N–H and O–H groups in total. The quantitative estimate of drug-likeness (QED) is 0.812. The lowest BCUT2D eigenvalue weighted by Crippen LogP contribution is -2.40. The third kappa shape index (κ3) is 6.41. The molecule has 0 aromatic heterocycles. The first kappa shape index (κ1) is 19.8. The predicted octanol–water partition coefficient (Wildman–Crippen LogP) is 4.21. The minimum atomic E-state index is -0.842. The van der Waals surface area contributed by atoms with Gasteiger partial charge in [0, 0.05) is 0 Å². The van der Waals surface area contributed by atoms with E-state index in [2.05, 4.69) is 5.32 Å². The van der Waals surface area contributed by atoms with Gasteiger partial charge in [0.1, 0.15) is 18.0 Å². The van der Waals surface area contributed by atoms with Crippen LogP contribution in [0.15, 0.2) is 54.6 Å². The number of aliphatic hydroxyl groups is 1. The summed E-state index contributed by atoms with van der Waals surface area (Å²) in [5, 5.41) is 13.1. The Morgan fingerprint density at radius 2 is 1.69 bits per heavy atom. The van der Waals surface area contributed by atoms with Crippen LogP contribution in [-0.2, 0) is 11.3 Å². The molecule has 0 radical (unpaired) electrons. The molecule has 0 aliphatic heterocycles. The van der Waals surface area contributed by atoms with Crippen LogP contribution < -0.4 is 10.1 Å². The second-order valence-electron chi connectivity index (χ2n) is 7.22. The Labute approximate surface area is 155 Å². The number of amides is 1. The van der Waals surface area contributed by atoms with Gasteiger partial charge in [0.15, 0.2) is 0 Å². The Morgan fingerprint density at radius 3 is 2.27 bits per heavy atom. The lowest BCUT2D eigenvalue weighted by Gasteiger charge is -2.24. The van der Waals surface area contributed by atoms with Crippen molar-refractivity contribution < 1.29 is 19.4 Å². The van der Waals surface area contributed by atoms with E-state index in [-0.39, 0.29) is 0 Å². The van der Waals surface area contributed by atoms with Crippen molar-refractivity contribution in [2.75, 3.05) is 0 Å². The summed E-state index contributed by atoms with van der Waals surface area (Å²) < 4.78 is 10.9. The Morgan fingerprint density at radius 1 is 1.08 bits per heavy atom. The van der Waals surface area contributed by atoms with Crippen molar-refractivity contribution in [2.24, 2.45) is 0 Å². The van der Waals surface area contributed by atoms with Gasteiger partial charge in [-0.2, -0.15) is 0 Å². The number of hydrogen-bond donors (Lipinski definition) is 2. The smallest absolute Gasteiger partial charge is 0.407 e. The minimum Gasteiger partial charge on any atom is -0.489 e. The van der Waals surface area contributed by atoms with Crippen molar-refractivity contribution in [1.82, 2.24) is 5.32 Å². The molecule has 2 atom stereocenters. The van der Waals surface area contributed by atoms with Crippen LogP contribution in [0.25, 0.3) is 0 Å². The summed E-state index contributed by atoms with van der Waals surface area (Å²) in [6.45, 7) is 7.60. The summed E-state index contributed by atoms with van der Waals surface area (Å²) in [4.78, 5) is 11.8. The van der Waals surface area contributed by atoms with E-state index in [4.69, 9.17) is 9.47 Å². The first-order valence-corrected chi connectivity index (χ1v) is 8.69. The molecule has 0 bridgehead atoms. The zero-order valence-corrected chi connectivity index (χ0v) is 15.7. The average Bonchev–Trinajstić information content (AvgIpc) is 2.59. The maximum atomic E-state index is 11.8. The first-order chi connectivity index (χ1) is 12.2. The summed E-state index contributed by atoms with van der Waals surface area (Å²) in [5.41, 5.74) is 1.21. The largest absolute Gasteiger partial charge is 0.489 e. The summed E-state index contributed by atoms with van der Waals surface area (Å²) in [5.74, 6) is 0.720. The fraction of sp³-hybridized carbons (Fsp3) is 0.381. The number of hydrogen-bond acceptors (Lipinski definition) is 4. The van der Waals surface area contributed by atoms with E-state index in [0.29, 0.717) is 12.2 Å². The van der Waals surface area contributed by atoms with Crippen molar-refractivity contribution in [1.29, 1.82) is 0 Å². The predicted molar refractivity (Wildman–Crippen MR) is 101 cm³/mol. The van der Waals surface area contributed by atoms with Gasteiger partial charge in [0.05, 0.1) is 12.1 Å². The van der Waals surface area contributed by atoms with Crippen molar-refractivity contribution in [3.8, 4) is 5.75 Å². The van der Waals surface area contributed by atoms with Gasteiger partial charge in [-0.1, -0.05) is 42.5 Å². The number of carbonyl (C=O) groups is 1. The molecule has 0 spiro atoms. The van der Waals surface area contributed by atoms with Gasteiger partial charge in [0.25, 0.3) is 0 Å². The van der Waals surface area contributed by atoms with Gasteiger partial charge in [-0.05, 0) is 51.0 Å². The van der Waals surface area contributed by atoms with Crippen molar-refractivity contribution in [3.05, 3.63) is 65.7 Å². The number of nitrogens with one attached hydrogen (secondary N) is 1. The van der Waals surface area contributed by atoms with Crippen LogP contribution in [0.3, 0.4) is 0 Å². The Kier molecular flexibility index (Phi) is 6.64. The van der Waals surface area contributed by atoms with E-state index in [9.17, 15) is 9.90 Å². The van der Waals surface area contributed by atoms with Crippen molar-refractivity contribution in [3.63, 3.8) is 0 Å². The van der Waals surface area contributed by atoms with E-state index >= 15 is 0 Å². The zero-order chi connectivity index (χ0) is 19.2. The van der Waals surface area contributed by atoms with E-state index in [1.807, 2.05) is 42.5 Å². The summed E-state index contributed by atoms with van der Waals surface area (Å²) in [6, 6.07) is 16.6. The molecule has 1 amide bonds. The van der Waals surface area contributed by atoms with E-state index in [1.165, 1.54) is 0 Å². The Hall–Kier alpha value is -2.53. The van der Waals surface area contributed by atoms with Crippen LogP contribution in [-0.4, -0.2) is 22.8 Å². The monoisotopic (exact) mass is 357 g/mol. The molecular formula is C21H27NO4. The zero-order valence-electron chi connectivity index (χ0n) is 15.7. The molecule has 5 nitrogen and oxygen atoms in total. The summed E-state index contributed by atoms with van der Waals surface area (Å²) >= 11 is 0. The molecule has 0 aliphatic rings. The molecule has 0 heterocycles. The molecule has 0 fully saturated rings. The third-order valence-corrected chi connectivity index (χ3v) is 3.69. The van der Waals surface area contributed by atoms with E-state index in [1.54, 1.807) is 39.8 Å². The minimum absolute atomic E-state index is 0.485. The summed E-state index contributed by atoms with van der Waals surface area (Å²) in [6.07, 6.45) is -1.39. The van der Waals surface area contributed by atoms with Crippen LogP contribution >= 0.6 is 0 Å². The molecule has 0 saturated heterocycles. The number of rotatable bonds is 6. The molecular weight excluding hydrogens is 330 g/mol. The van der Waals surface area contributed by atoms with Gasteiger partial charge < -0.3 is 19.9 Å². The molecule has 0 unspecified atom stereocenters. The van der Waals surface area contributed by atoms with Crippen LogP contribution in [0.4, 0.5) is 4.79 Å². The van der Waals surface area contributed by atoms with Crippen LogP contribution in [0.2, 0.25) is 0 Å². The average molecular weight is 357 g/mol. The van der Waals surface area contributed by atoms with E-state index in [0.717, 1.165) is 11.3 Å². The number of carbonyl (C=O) groups excluding carboxylic acids is 1. The molecule has 2 aromatic carbocycles. The van der Waals surface area contributed by atoms with Crippen LogP contribution in [0.1, 0.15) is 44.9 Å². The van der Waals surface area contributed by atoms with Crippen LogP contribution in [0.5, 0.6) is 5.75 Å². The van der Waals surface area contributed by atoms with Gasteiger partial charge in [-0.25, -0.2) is 4.79 Å². The standard InChI is InChI=1S/C21H27NO4/c1-15(22-20(24)26-21(2,3)4)19(23)17-10-12-18(13-11-17)25-14-16-8-6-5-7-9-16/h5-13,15,19,23H,14H2,1-4H3,(H,22,24)/t15-,19-/m1/s1. The van der Waals surface area contributed by atoms with Crippen molar-refractivity contribution >= 4 is 6.09 Å². The molecule has 0 saturated carbocycles. The SMILES string of the molecule is C[C@@H](NC(=O)OC(C)(C)C)[C@@H](O)c1ccc(OCc2ccccc2)cc1. The first-order valence-electron chi connectivity index (χ1n) is 8.69. The van der Waals surface area contributed by atoms with Gasteiger partial charge in [-0.3, -0.25) is 0 Å². The van der Waals surface area contributed by atoms with Gasteiger partial charge in [-0.15, -0.1) is 0 Å². The maximum Gasteiger partial charge on any atom is 0.407 e. The van der Waals surface area contributed by atoms with Crippen molar-refractivity contribution in [2.45, 2.75) is 52.0 Å². The van der Waals surface area contributed by atoms with Crippen LogP contribution in [0, 0.1) is 0 Å². The molecule has 140 valence electrons. The molecule has 2 aromatic rings. The Bertz CT molecular complexity index is 692. The lowest BCUT2D eigenvalue weighted by atomic mass is 10.0. The van der Waals surface area contributed by atoms with Gasteiger partial charge >= 0.3 is 6.09 Å². The highest BCUT2D eigenvalue weighted by atomic mass is 16.6. The molecule has 0 aliphatic carbocycles. The number of ether oxygens (including phenoxy) is 2. The fourth-order valence-electron chi connectivity index (χ4n) is 2.36. The fourth-order valence-corrected chi connectivity index (χ4v) is 2.36. The molecule has 2 rings (SSSR count). The highest BCUT2D eigenvalue weighted by Gasteiger charge is 2.22. The second kappa shape index (κ2) is 8.72. The maximum absolute atomic E-state index is 11.8. The lowest BCUT2D eigenvalue weighted by molar-refractivity contribution is 0.0435. The number of alkyl carbamates (subject to hydrolysis) is 1. The normalized spacial score (nSPS) is 13.6.